The Balaban J connectivity index is 1.97. The van der Waals surface area contributed by atoms with Crippen molar-refractivity contribution in [2.75, 3.05) is 13.2 Å². The van der Waals surface area contributed by atoms with E-state index in [1.165, 1.54) is 24.8 Å². The lowest BCUT2D eigenvalue weighted by molar-refractivity contribution is 0.298. The van der Waals surface area contributed by atoms with Gasteiger partial charge in [0.15, 0.2) is 0 Å². The van der Waals surface area contributed by atoms with Crippen LogP contribution in [0, 0.1) is 5.92 Å². The summed E-state index contributed by atoms with van der Waals surface area (Å²) in [5, 5.41) is 0. The Kier molecular flexibility index (Phi) is 4.24. The molecule has 0 amide bonds. The Morgan fingerprint density at radius 3 is 2.88 bits per heavy atom. The second kappa shape index (κ2) is 5.69. The van der Waals surface area contributed by atoms with Gasteiger partial charge in [-0.05, 0) is 52.9 Å². The number of ether oxygens (including phenoxy) is 1. The van der Waals surface area contributed by atoms with E-state index in [1.807, 2.05) is 12.1 Å². The normalized spacial score (nSPS) is 15.1. The molecule has 1 fully saturated rings. The molecule has 16 heavy (non-hydrogen) atoms. The van der Waals surface area contributed by atoms with E-state index in [0.29, 0.717) is 6.54 Å². The maximum atomic E-state index is 5.87. The topological polar surface area (TPSA) is 35.2 Å². The molecule has 1 aliphatic carbocycles. The minimum absolute atomic E-state index is 0.662. The smallest absolute Gasteiger partial charge is 0.136 e. The molecule has 88 valence electrons. The Labute approximate surface area is 105 Å². The van der Waals surface area contributed by atoms with E-state index < -0.39 is 0 Å². The SMILES string of the molecule is NCCc1cccc(Br)c1OCCC1CC1. The zero-order valence-corrected chi connectivity index (χ0v) is 11.0. The molecule has 1 aromatic carbocycles. The van der Waals surface area contributed by atoms with Crippen LogP contribution in [-0.4, -0.2) is 13.2 Å². The highest BCUT2D eigenvalue weighted by molar-refractivity contribution is 9.10. The van der Waals surface area contributed by atoms with Crippen LogP contribution in [0.4, 0.5) is 0 Å². The molecular formula is C13H18BrNO. The molecule has 1 aliphatic rings. The van der Waals surface area contributed by atoms with Gasteiger partial charge in [0.05, 0.1) is 11.1 Å². The zero-order chi connectivity index (χ0) is 11.4. The Morgan fingerprint density at radius 1 is 1.38 bits per heavy atom. The molecule has 1 aromatic rings. The molecule has 0 atom stereocenters. The van der Waals surface area contributed by atoms with Crippen LogP contribution in [0.15, 0.2) is 22.7 Å². The number of halogens is 1. The molecule has 2 nitrogen and oxygen atoms in total. The monoisotopic (exact) mass is 283 g/mol. The predicted octanol–water partition coefficient (Wildman–Crippen LogP) is 3.13. The highest BCUT2D eigenvalue weighted by atomic mass is 79.9. The number of hydrogen-bond acceptors (Lipinski definition) is 2. The van der Waals surface area contributed by atoms with Crippen LogP contribution in [0.5, 0.6) is 5.75 Å². The number of nitrogens with two attached hydrogens (primary N) is 1. The van der Waals surface area contributed by atoms with Crippen molar-refractivity contribution in [2.24, 2.45) is 11.7 Å². The molecule has 0 bridgehead atoms. The highest BCUT2D eigenvalue weighted by Crippen LogP contribution is 2.34. The molecular weight excluding hydrogens is 266 g/mol. The number of para-hydroxylation sites is 1. The van der Waals surface area contributed by atoms with Crippen LogP contribution in [0.3, 0.4) is 0 Å². The number of hydrogen-bond donors (Lipinski definition) is 1. The van der Waals surface area contributed by atoms with E-state index in [2.05, 4.69) is 22.0 Å². The van der Waals surface area contributed by atoms with Crippen molar-refractivity contribution in [2.45, 2.75) is 25.7 Å². The third kappa shape index (κ3) is 3.22. The fraction of sp³-hybridized carbons (Fsp3) is 0.538. The summed E-state index contributed by atoms with van der Waals surface area (Å²) >= 11 is 3.53. The molecule has 0 unspecified atom stereocenters. The minimum atomic E-state index is 0.662. The summed E-state index contributed by atoms with van der Waals surface area (Å²) < 4.78 is 6.91. The molecule has 0 saturated heterocycles. The third-order valence-electron chi connectivity index (χ3n) is 2.93. The molecule has 3 heteroatoms. The summed E-state index contributed by atoms with van der Waals surface area (Å²) in [4.78, 5) is 0. The van der Waals surface area contributed by atoms with Crippen LogP contribution in [0.2, 0.25) is 0 Å². The first-order valence-electron chi connectivity index (χ1n) is 5.91. The lowest BCUT2D eigenvalue weighted by Crippen LogP contribution is -2.06. The number of benzene rings is 1. The highest BCUT2D eigenvalue weighted by Gasteiger charge is 2.21. The first-order valence-corrected chi connectivity index (χ1v) is 6.71. The molecule has 1 saturated carbocycles. The average molecular weight is 284 g/mol. The van der Waals surface area contributed by atoms with Crippen molar-refractivity contribution in [1.82, 2.24) is 0 Å². The van der Waals surface area contributed by atoms with Crippen molar-refractivity contribution in [3.63, 3.8) is 0 Å². The standard InChI is InChI=1S/C13H18BrNO/c14-12-3-1-2-11(6-8-15)13(12)16-9-7-10-4-5-10/h1-3,10H,4-9,15H2. The van der Waals surface area contributed by atoms with Gasteiger partial charge in [0.2, 0.25) is 0 Å². The quantitative estimate of drug-likeness (QED) is 0.871. The van der Waals surface area contributed by atoms with Crippen molar-refractivity contribution >= 4 is 15.9 Å². The van der Waals surface area contributed by atoms with Gasteiger partial charge in [-0.25, -0.2) is 0 Å². The largest absolute Gasteiger partial charge is 0.492 e. The first kappa shape index (κ1) is 11.9. The minimum Gasteiger partial charge on any atom is -0.492 e. The van der Waals surface area contributed by atoms with Crippen LogP contribution < -0.4 is 10.5 Å². The van der Waals surface area contributed by atoms with Crippen LogP contribution in [0.1, 0.15) is 24.8 Å². The lowest BCUT2D eigenvalue weighted by atomic mass is 10.1. The van der Waals surface area contributed by atoms with E-state index in [-0.39, 0.29) is 0 Å². The zero-order valence-electron chi connectivity index (χ0n) is 9.42. The number of rotatable bonds is 6. The molecule has 2 N–H and O–H groups in total. The maximum absolute atomic E-state index is 5.87. The average Bonchev–Trinajstić information content (AvgIpc) is 3.06. The van der Waals surface area contributed by atoms with Gasteiger partial charge in [-0.1, -0.05) is 25.0 Å². The van der Waals surface area contributed by atoms with Gasteiger partial charge in [-0.15, -0.1) is 0 Å². The Bertz CT molecular complexity index is 350. The van der Waals surface area contributed by atoms with E-state index in [1.54, 1.807) is 0 Å². The fourth-order valence-electron chi connectivity index (χ4n) is 1.80. The van der Waals surface area contributed by atoms with Crippen molar-refractivity contribution in [3.8, 4) is 5.75 Å². The Hall–Kier alpha value is -0.540. The van der Waals surface area contributed by atoms with Crippen LogP contribution in [0.25, 0.3) is 0 Å². The van der Waals surface area contributed by atoms with Gasteiger partial charge in [0.25, 0.3) is 0 Å². The van der Waals surface area contributed by atoms with E-state index >= 15 is 0 Å². The van der Waals surface area contributed by atoms with E-state index in [4.69, 9.17) is 10.5 Å². The predicted molar refractivity (Wildman–Crippen MR) is 69.7 cm³/mol. The second-order valence-corrected chi connectivity index (χ2v) is 5.20. The fourth-order valence-corrected chi connectivity index (χ4v) is 2.32. The lowest BCUT2D eigenvalue weighted by Gasteiger charge is -2.12. The first-order chi connectivity index (χ1) is 7.81. The van der Waals surface area contributed by atoms with Crippen LogP contribution in [-0.2, 0) is 6.42 Å². The van der Waals surface area contributed by atoms with Crippen molar-refractivity contribution < 1.29 is 4.74 Å². The summed E-state index contributed by atoms with van der Waals surface area (Å²) in [5.41, 5.74) is 6.80. The van der Waals surface area contributed by atoms with Gasteiger partial charge in [-0.2, -0.15) is 0 Å². The summed E-state index contributed by atoms with van der Waals surface area (Å²) in [7, 11) is 0. The van der Waals surface area contributed by atoms with Gasteiger partial charge >= 0.3 is 0 Å². The summed E-state index contributed by atoms with van der Waals surface area (Å²) in [6, 6.07) is 6.14. The molecule has 0 aromatic heterocycles. The molecule has 2 rings (SSSR count). The summed E-state index contributed by atoms with van der Waals surface area (Å²) in [6.07, 6.45) is 4.82. The summed E-state index contributed by atoms with van der Waals surface area (Å²) in [5.74, 6) is 1.90. The summed E-state index contributed by atoms with van der Waals surface area (Å²) in [6.45, 7) is 1.49. The van der Waals surface area contributed by atoms with Gasteiger partial charge in [0.1, 0.15) is 5.75 Å². The van der Waals surface area contributed by atoms with Crippen molar-refractivity contribution in [3.05, 3.63) is 28.2 Å². The van der Waals surface area contributed by atoms with Gasteiger partial charge in [0, 0.05) is 0 Å². The maximum Gasteiger partial charge on any atom is 0.136 e. The van der Waals surface area contributed by atoms with Crippen molar-refractivity contribution in [1.29, 1.82) is 0 Å². The van der Waals surface area contributed by atoms with E-state index in [9.17, 15) is 0 Å². The molecule has 0 radical (unpaired) electrons. The van der Waals surface area contributed by atoms with E-state index in [0.717, 1.165) is 29.2 Å². The molecule has 0 spiro atoms. The second-order valence-electron chi connectivity index (χ2n) is 4.35. The molecule has 0 heterocycles. The van der Waals surface area contributed by atoms with Crippen LogP contribution >= 0.6 is 15.9 Å². The van der Waals surface area contributed by atoms with Gasteiger partial charge < -0.3 is 10.5 Å². The Morgan fingerprint density at radius 2 is 2.19 bits per heavy atom. The third-order valence-corrected chi connectivity index (χ3v) is 3.56. The van der Waals surface area contributed by atoms with Gasteiger partial charge in [-0.3, -0.25) is 0 Å². The molecule has 0 aliphatic heterocycles.